The Hall–Kier alpha value is -3.61. The maximum Gasteiger partial charge on any atom is 0.257 e. The minimum atomic E-state index is -0.425. The van der Waals surface area contributed by atoms with Gasteiger partial charge in [-0.2, -0.15) is 0 Å². The molecular weight excluding hydrogens is 457 g/mol. The number of guanidine groups is 1. The molecule has 3 aromatic carbocycles. The first kappa shape index (κ1) is 22.6. The summed E-state index contributed by atoms with van der Waals surface area (Å²) in [7, 11) is 0. The molecule has 4 aromatic rings. The van der Waals surface area contributed by atoms with E-state index in [1.807, 2.05) is 65.4 Å². The SMILES string of the molecule is O=C(NC(=NC(Cn1ccnc1)c1ccc(Cl)cc1Cl)Nc1ccccc1)c1ccccc1. The quantitative estimate of drug-likeness (QED) is 0.271. The van der Waals surface area contributed by atoms with Gasteiger partial charge in [0.05, 0.1) is 18.9 Å². The van der Waals surface area contributed by atoms with Crippen LogP contribution in [0, 0.1) is 0 Å². The fourth-order valence-corrected chi connectivity index (χ4v) is 3.79. The number of rotatable bonds is 6. The fourth-order valence-electron chi connectivity index (χ4n) is 3.25. The number of nitrogens with one attached hydrogen (secondary N) is 2. The Morgan fingerprint density at radius 1 is 1.00 bits per heavy atom. The van der Waals surface area contributed by atoms with Crippen LogP contribution < -0.4 is 10.6 Å². The van der Waals surface area contributed by atoms with Crippen molar-refractivity contribution in [1.29, 1.82) is 0 Å². The van der Waals surface area contributed by atoms with Crippen molar-refractivity contribution < 1.29 is 4.79 Å². The molecule has 0 aliphatic rings. The highest BCUT2D eigenvalue weighted by Gasteiger charge is 2.18. The van der Waals surface area contributed by atoms with Gasteiger partial charge in [0.1, 0.15) is 0 Å². The van der Waals surface area contributed by atoms with Gasteiger partial charge in [0.25, 0.3) is 5.91 Å². The first-order valence-corrected chi connectivity index (χ1v) is 11.0. The Labute approximate surface area is 201 Å². The third-order valence-electron chi connectivity index (χ3n) is 4.85. The minimum Gasteiger partial charge on any atom is -0.335 e. The number of hydrogen-bond donors (Lipinski definition) is 2. The summed E-state index contributed by atoms with van der Waals surface area (Å²) >= 11 is 12.6. The molecule has 0 bridgehead atoms. The molecule has 4 rings (SSSR count). The monoisotopic (exact) mass is 477 g/mol. The lowest BCUT2D eigenvalue weighted by molar-refractivity contribution is 0.0977. The van der Waals surface area contributed by atoms with E-state index in [1.165, 1.54) is 0 Å². The maximum absolute atomic E-state index is 12.9. The van der Waals surface area contributed by atoms with Crippen molar-refractivity contribution in [3.63, 3.8) is 0 Å². The largest absolute Gasteiger partial charge is 0.335 e. The zero-order chi connectivity index (χ0) is 23.0. The van der Waals surface area contributed by atoms with E-state index >= 15 is 0 Å². The Bertz CT molecular complexity index is 1230. The molecule has 0 aliphatic carbocycles. The minimum absolute atomic E-state index is 0.277. The summed E-state index contributed by atoms with van der Waals surface area (Å²) in [4.78, 5) is 21.9. The van der Waals surface area contributed by atoms with Crippen LogP contribution in [-0.4, -0.2) is 21.4 Å². The highest BCUT2D eigenvalue weighted by Crippen LogP contribution is 2.30. The molecule has 1 unspecified atom stereocenters. The number of para-hydroxylation sites is 1. The van der Waals surface area contributed by atoms with Crippen LogP contribution in [0.15, 0.2) is 103 Å². The summed E-state index contributed by atoms with van der Waals surface area (Å²) in [5.41, 5.74) is 2.08. The van der Waals surface area contributed by atoms with E-state index in [0.717, 1.165) is 11.3 Å². The molecule has 1 amide bonds. The second-order valence-electron chi connectivity index (χ2n) is 7.23. The predicted octanol–water partition coefficient (Wildman–Crippen LogP) is 5.83. The van der Waals surface area contributed by atoms with Crippen molar-refractivity contribution in [2.45, 2.75) is 12.6 Å². The van der Waals surface area contributed by atoms with Gasteiger partial charge in [-0.1, -0.05) is 65.7 Å². The van der Waals surface area contributed by atoms with Crippen LogP contribution in [0.2, 0.25) is 10.0 Å². The Balaban J connectivity index is 1.71. The normalized spacial score (nSPS) is 12.2. The zero-order valence-corrected chi connectivity index (χ0v) is 19.0. The van der Waals surface area contributed by atoms with Crippen molar-refractivity contribution in [2.75, 3.05) is 5.32 Å². The third kappa shape index (κ3) is 6.22. The lowest BCUT2D eigenvalue weighted by Gasteiger charge is -2.19. The molecule has 0 radical (unpaired) electrons. The van der Waals surface area contributed by atoms with Crippen LogP contribution in [-0.2, 0) is 6.54 Å². The number of nitrogens with zero attached hydrogens (tertiary/aromatic N) is 3. The van der Waals surface area contributed by atoms with Crippen LogP contribution >= 0.6 is 23.2 Å². The molecule has 0 spiro atoms. The van der Waals surface area contributed by atoms with Crippen molar-refractivity contribution in [1.82, 2.24) is 14.9 Å². The number of anilines is 1. The van der Waals surface area contributed by atoms with E-state index in [-0.39, 0.29) is 5.91 Å². The first-order chi connectivity index (χ1) is 16.1. The van der Waals surface area contributed by atoms with E-state index in [9.17, 15) is 4.79 Å². The van der Waals surface area contributed by atoms with Gasteiger partial charge in [-0.05, 0) is 42.0 Å². The summed E-state index contributed by atoms with van der Waals surface area (Å²) in [6, 6.07) is 23.3. The van der Waals surface area contributed by atoms with Crippen molar-refractivity contribution in [3.8, 4) is 0 Å². The van der Waals surface area contributed by atoms with E-state index in [4.69, 9.17) is 28.2 Å². The molecule has 8 heteroatoms. The van der Waals surface area contributed by atoms with Crippen LogP contribution in [0.3, 0.4) is 0 Å². The van der Waals surface area contributed by atoms with Gasteiger partial charge in [0, 0.05) is 33.7 Å². The molecule has 0 saturated carbocycles. The molecule has 33 heavy (non-hydrogen) atoms. The summed E-state index contributed by atoms with van der Waals surface area (Å²) in [5.74, 6) is 0.0209. The Kier molecular flexibility index (Phi) is 7.40. The number of aliphatic imine (C=N–C) groups is 1. The molecule has 1 atom stereocenters. The molecular formula is C25H21Cl2N5O. The molecule has 6 nitrogen and oxygen atoms in total. The molecule has 1 heterocycles. The second-order valence-corrected chi connectivity index (χ2v) is 8.07. The van der Waals surface area contributed by atoms with Crippen LogP contribution in [0.25, 0.3) is 0 Å². The summed E-state index contributed by atoms with van der Waals surface area (Å²) in [6.07, 6.45) is 5.25. The average Bonchev–Trinajstić information content (AvgIpc) is 3.33. The van der Waals surface area contributed by atoms with E-state index < -0.39 is 6.04 Å². The zero-order valence-electron chi connectivity index (χ0n) is 17.5. The van der Waals surface area contributed by atoms with Gasteiger partial charge in [0.15, 0.2) is 0 Å². The lowest BCUT2D eigenvalue weighted by Crippen LogP contribution is -2.36. The molecule has 0 fully saturated rings. The van der Waals surface area contributed by atoms with E-state index in [0.29, 0.717) is 28.1 Å². The molecule has 166 valence electrons. The smallest absolute Gasteiger partial charge is 0.257 e. The molecule has 0 saturated heterocycles. The maximum atomic E-state index is 12.9. The highest BCUT2D eigenvalue weighted by atomic mass is 35.5. The molecule has 0 aliphatic heterocycles. The molecule has 2 N–H and O–H groups in total. The van der Waals surface area contributed by atoms with Gasteiger partial charge in [-0.3, -0.25) is 10.1 Å². The van der Waals surface area contributed by atoms with Crippen LogP contribution in [0.1, 0.15) is 22.0 Å². The average molecular weight is 478 g/mol. The van der Waals surface area contributed by atoms with Crippen LogP contribution in [0.4, 0.5) is 5.69 Å². The van der Waals surface area contributed by atoms with E-state index in [2.05, 4.69) is 15.6 Å². The third-order valence-corrected chi connectivity index (χ3v) is 5.42. The standard InChI is InChI=1S/C25H21Cl2N5O/c26-19-11-12-21(22(27)15-19)23(16-32-14-13-28-17-32)30-25(29-20-9-5-2-6-10-20)31-24(33)18-7-3-1-4-8-18/h1-15,17,23H,16H2,(H2,29,30,31,33). The fraction of sp³-hybridized carbons (Fsp3) is 0.0800. The molecule has 1 aromatic heterocycles. The predicted molar refractivity (Wildman–Crippen MR) is 133 cm³/mol. The van der Waals surface area contributed by atoms with Gasteiger partial charge in [-0.25, -0.2) is 9.98 Å². The van der Waals surface area contributed by atoms with Gasteiger partial charge >= 0.3 is 0 Å². The topological polar surface area (TPSA) is 71.3 Å². The summed E-state index contributed by atoms with van der Waals surface area (Å²) < 4.78 is 1.90. The van der Waals surface area contributed by atoms with Crippen LogP contribution in [0.5, 0.6) is 0 Å². The first-order valence-electron chi connectivity index (χ1n) is 10.3. The number of halogens is 2. The summed E-state index contributed by atoms with van der Waals surface area (Å²) in [5, 5.41) is 7.14. The number of amides is 1. The Morgan fingerprint density at radius 3 is 2.39 bits per heavy atom. The number of carbonyl (C=O) groups is 1. The number of hydrogen-bond acceptors (Lipinski definition) is 3. The number of aromatic nitrogens is 2. The van der Waals surface area contributed by atoms with Gasteiger partial charge in [-0.15, -0.1) is 0 Å². The van der Waals surface area contributed by atoms with Gasteiger partial charge < -0.3 is 9.88 Å². The van der Waals surface area contributed by atoms with Crippen molar-refractivity contribution in [3.05, 3.63) is 119 Å². The number of imidazole rings is 1. The van der Waals surface area contributed by atoms with Gasteiger partial charge in [0.2, 0.25) is 5.96 Å². The van der Waals surface area contributed by atoms with Crippen molar-refractivity contribution in [2.24, 2.45) is 4.99 Å². The van der Waals surface area contributed by atoms with E-state index in [1.54, 1.807) is 36.8 Å². The number of carbonyl (C=O) groups excluding carboxylic acids is 1. The lowest BCUT2D eigenvalue weighted by atomic mass is 10.1. The Morgan fingerprint density at radius 2 is 1.73 bits per heavy atom. The summed E-state index contributed by atoms with van der Waals surface area (Å²) in [6.45, 7) is 0.461. The second kappa shape index (κ2) is 10.8. The van der Waals surface area contributed by atoms with Crippen molar-refractivity contribution >= 4 is 40.8 Å². The highest BCUT2D eigenvalue weighted by molar-refractivity contribution is 6.35. The number of benzene rings is 3.